The molecule has 0 aliphatic carbocycles. The van der Waals surface area contributed by atoms with Crippen molar-refractivity contribution in [2.75, 3.05) is 0 Å². The van der Waals surface area contributed by atoms with Crippen molar-refractivity contribution >= 4 is 34.6 Å². The van der Waals surface area contributed by atoms with Crippen molar-refractivity contribution < 1.29 is 4.79 Å². The molecule has 5 heteroatoms. The summed E-state index contributed by atoms with van der Waals surface area (Å²) in [7, 11) is 1.95. The lowest BCUT2D eigenvalue weighted by molar-refractivity contribution is -0.115. The van der Waals surface area contributed by atoms with Gasteiger partial charge in [0.1, 0.15) is 0 Å². The smallest absolute Gasteiger partial charge is 0.264 e. The summed E-state index contributed by atoms with van der Waals surface area (Å²) in [5.41, 5.74) is 2.98. The Bertz CT molecular complexity index is 758. The van der Waals surface area contributed by atoms with Crippen LogP contribution in [-0.2, 0) is 11.8 Å². The number of aryl methyl sites for hydroxylation is 2. The van der Waals surface area contributed by atoms with Crippen LogP contribution in [0.1, 0.15) is 11.3 Å². The standard InChI is InChI=1S/C16H15N3OS/c1-11-5-3-6-12(9-11)17-16-18-15(20)14(21-16)10-13-7-4-8-19(13)2/h3-10H,1-2H3,(H,17,18,20)/b14-10+. The Balaban J connectivity index is 1.85. The van der Waals surface area contributed by atoms with E-state index < -0.39 is 0 Å². The maximum atomic E-state index is 12.0. The maximum Gasteiger partial charge on any atom is 0.264 e. The van der Waals surface area contributed by atoms with Crippen molar-refractivity contribution in [2.45, 2.75) is 6.92 Å². The van der Waals surface area contributed by atoms with Crippen molar-refractivity contribution in [3.63, 3.8) is 0 Å². The molecule has 2 aromatic rings. The molecule has 0 unspecified atom stereocenters. The van der Waals surface area contributed by atoms with Gasteiger partial charge in [0.2, 0.25) is 0 Å². The van der Waals surface area contributed by atoms with E-state index in [1.54, 1.807) is 0 Å². The van der Waals surface area contributed by atoms with Crippen molar-refractivity contribution in [1.29, 1.82) is 0 Å². The Morgan fingerprint density at radius 1 is 1.29 bits per heavy atom. The van der Waals surface area contributed by atoms with Gasteiger partial charge in [-0.3, -0.25) is 4.79 Å². The van der Waals surface area contributed by atoms with Crippen LogP contribution in [0.15, 0.2) is 52.5 Å². The molecule has 0 atom stereocenters. The molecule has 3 rings (SSSR count). The summed E-state index contributed by atoms with van der Waals surface area (Å²) in [6.45, 7) is 2.02. The predicted molar refractivity (Wildman–Crippen MR) is 87.4 cm³/mol. The van der Waals surface area contributed by atoms with Crippen molar-refractivity contribution in [3.05, 3.63) is 58.8 Å². The van der Waals surface area contributed by atoms with Gasteiger partial charge >= 0.3 is 0 Å². The quantitative estimate of drug-likeness (QED) is 0.865. The highest BCUT2D eigenvalue weighted by Gasteiger charge is 2.24. The highest BCUT2D eigenvalue weighted by Crippen LogP contribution is 2.28. The van der Waals surface area contributed by atoms with Crippen LogP contribution in [0.25, 0.3) is 6.08 Å². The molecule has 2 heterocycles. The molecule has 1 saturated heterocycles. The third kappa shape index (κ3) is 3.08. The molecule has 4 nitrogen and oxygen atoms in total. The second-order valence-electron chi connectivity index (χ2n) is 4.86. The van der Waals surface area contributed by atoms with E-state index in [0.29, 0.717) is 10.1 Å². The number of nitrogens with zero attached hydrogens (tertiary/aromatic N) is 2. The molecular formula is C16H15N3OS. The van der Waals surface area contributed by atoms with Crippen LogP contribution < -0.4 is 5.32 Å². The van der Waals surface area contributed by atoms with Crippen LogP contribution >= 0.6 is 11.8 Å². The summed E-state index contributed by atoms with van der Waals surface area (Å²) < 4.78 is 1.97. The molecule has 0 saturated carbocycles. The van der Waals surface area contributed by atoms with E-state index in [-0.39, 0.29) is 5.91 Å². The van der Waals surface area contributed by atoms with E-state index in [0.717, 1.165) is 16.9 Å². The third-order valence-corrected chi connectivity index (χ3v) is 4.06. The molecule has 1 fully saturated rings. The zero-order chi connectivity index (χ0) is 14.8. The molecule has 106 valence electrons. The summed E-state index contributed by atoms with van der Waals surface area (Å²) in [5.74, 6) is -0.104. The first-order valence-electron chi connectivity index (χ1n) is 6.59. The minimum Gasteiger partial charge on any atom is -0.351 e. The zero-order valence-electron chi connectivity index (χ0n) is 11.8. The fourth-order valence-corrected chi connectivity index (χ4v) is 2.88. The Labute approximate surface area is 127 Å². The molecule has 1 aliphatic heterocycles. The van der Waals surface area contributed by atoms with E-state index in [2.05, 4.69) is 10.3 Å². The topological polar surface area (TPSA) is 46.4 Å². The number of carbonyl (C=O) groups excluding carboxylic acids is 1. The molecule has 0 radical (unpaired) electrons. The van der Waals surface area contributed by atoms with Crippen molar-refractivity contribution in [3.8, 4) is 0 Å². The first-order valence-corrected chi connectivity index (χ1v) is 7.41. The fourth-order valence-electron chi connectivity index (χ4n) is 2.05. The minimum absolute atomic E-state index is 0.104. The van der Waals surface area contributed by atoms with Gasteiger partial charge in [-0.2, -0.15) is 0 Å². The number of benzene rings is 1. The lowest BCUT2D eigenvalue weighted by Crippen LogP contribution is -2.19. The maximum absolute atomic E-state index is 12.0. The molecule has 1 aliphatic rings. The first-order chi connectivity index (χ1) is 10.1. The number of nitrogens with one attached hydrogen (secondary N) is 1. The minimum atomic E-state index is -0.104. The van der Waals surface area contributed by atoms with E-state index >= 15 is 0 Å². The number of hydrogen-bond donors (Lipinski definition) is 1. The Morgan fingerprint density at radius 2 is 2.14 bits per heavy atom. The van der Waals surface area contributed by atoms with Gasteiger partial charge in [-0.1, -0.05) is 12.1 Å². The Hall–Kier alpha value is -2.27. The monoisotopic (exact) mass is 297 g/mol. The molecule has 1 aromatic carbocycles. The molecule has 0 spiro atoms. The summed E-state index contributed by atoms with van der Waals surface area (Å²) >= 11 is 1.36. The summed E-state index contributed by atoms with van der Waals surface area (Å²) in [6.07, 6.45) is 3.82. The average molecular weight is 297 g/mol. The van der Waals surface area contributed by atoms with Gasteiger partial charge in [-0.05, 0) is 54.6 Å². The number of rotatable bonds is 2. The van der Waals surface area contributed by atoms with Crippen LogP contribution in [0, 0.1) is 6.92 Å². The number of hydrogen-bond acceptors (Lipinski definition) is 3. The van der Waals surface area contributed by atoms with Crippen molar-refractivity contribution in [1.82, 2.24) is 9.88 Å². The number of aromatic nitrogens is 1. The molecule has 1 aromatic heterocycles. The lowest BCUT2D eigenvalue weighted by Gasteiger charge is -1.97. The second-order valence-corrected chi connectivity index (χ2v) is 5.90. The van der Waals surface area contributed by atoms with Crippen molar-refractivity contribution in [2.24, 2.45) is 12.0 Å². The molecule has 1 N–H and O–H groups in total. The van der Waals surface area contributed by atoms with Crippen LogP contribution in [-0.4, -0.2) is 15.6 Å². The Kier molecular flexibility index (Phi) is 3.66. The molecular weight excluding hydrogens is 282 g/mol. The van der Waals surface area contributed by atoms with Gasteiger partial charge in [0.25, 0.3) is 5.91 Å². The number of amidine groups is 1. The van der Waals surface area contributed by atoms with Gasteiger partial charge < -0.3 is 9.88 Å². The highest BCUT2D eigenvalue weighted by atomic mass is 32.2. The number of thioether (sulfide) groups is 1. The number of carbonyl (C=O) groups is 1. The average Bonchev–Trinajstić information content (AvgIpc) is 2.98. The normalized spacial score (nSPS) is 18.5. The van der Waals surface area contributed by atoms with Crippen LogP contribution in [0.5, 0.6) is 0 Å². The Morgan fingerprint density at radius 3 is 2.86 bits per heavy atom. The fraction of sp³-hybridized carbons (Fsp3) is 0.125. The summed E-state index contributed by atoms with van der Waals surface area (Å²) in [5, 5.41) is 3.42. The zero-order valence-corrected chi connectivity index (χ0v) is 12.6. The van der Waals surface area contributed by atoms with E-state index in [4.69, 9.17) is 0 Å². The van der Waals surface area contributed by atoms with Gasteiger partial charge in [-0.25, -0.2) is 4.99 Å². The number of amides is 1. The summed E-state index contributed by atoms with van der Waals surface area (Å²) in [6, 6.07) is 11.8. The molecule has 0 bridgehead atoms. The largest absolute Gasteiger partial charge is 0.351 e. The summed E-state index contributed by atoms with van der Waals surface area (Å²) in [4.78, 5) is 17.1. The van der Waals surface area contributed by atoms with Gasteiger partial charge in [0, 0.05) is 18.9 Å². The van der Waals surface area contributed by atoms with Gasteiger partial charge in [0.15, 0.2) is 5.17 Å². The number of aliphatic imine (C=N–C) groups is 1. The molecule has 21 heavy (non-hydrogen) atoms. The second kappa shape index (κ2) is 5.61. The molecule has 1 amide bonds. The van der Waals surface area contributed by atoms with Crippen LogP contribution in [0.4, 0.5) is 5.69 Å². The van der Waals surface area contributed by atoms with Crippen LogP contribution in [0.2, 0.25) is 0 Å². The third-order valence-electron chi connectivity index (χ3n) is 3.15. The van der Waals surface area contributed by atoms with Gasteiger partial charge in [0.05, 0.1) is 10.6 Å². The first kappa shape index (κ1) is 13.7. The highest BCUT2D eigenvalue weighted by molar-refractivity contribution is 8.18. The van der Waals surface area contributed by atoms with E-state index in [9.17, 15) is 4.79 Å². The van der Waals surface area contributed by atoms with Gasteiger partial charge in [-0.15, -0.1) is 0 Å². The van der Waals surface area contributed by atoms with Crippen LogP contribution in [0.3, 0.4) is 0 Å². The van der Waals surface area contributed by atoms with E-state index in [1.165, 1.54) is 11.8 Å². The predicted octanol–water partition coefficient (Wildman–Crippen LogP) is 3.23. The van der Waals surface area contributed by atoms with E-state index in [1.807, 2.05) is 67.2 Å². The lowest BCUT2D eigenvalue weighted by atomic mass is 10.2. The SMILES string of the molecule is Cc1cccc(N=C2NC(=O)/C(=C\c3cccn3C)S2)c1.